The van der Waals surface area contributed by atoms with Gasteiger partial charge in [0, 0.05) is 31.5 Å². The average molecular weight is 400 g/mol. The maximum absolute atomic E-state index is 12.8. The first-order valence-electron chi connectivity index (χ1n) is 9.53. The molecule has 2 heterocycles. The number of rotatable bonds is 5. The van der Waals surface area contributed by atoms with Crippen molar-refractivity contribution in [2.45, 2.75) is 33.6 Å². The minimum absolute atomic E-state index is 0.0765. The number of anilines is 1. The standard InChI is InChI=1S/C21H25N3O3S/c1-13(2)20(27)24-11-7-10-16(12-24)19(26)23-21-22-17(18(28-21)14(3)25)15-8-5-4-6-9-15/h4-6,8-9,13,16H,7,10-12H2,1-3H3,(H,22,23,26)/t16-/m1/s1. The fourth-order valence-electron chi connectivity index (χ4n) is 3.37. The number of hydrogen-bond donors (Lipinski definition) is 1. The average Bonchev–Trinajstić information content (AvgIpc) is 3.12. The van der Waals surface area contributed by atoms with Crippen molar-refractivity contribution in [3.8, 4) is 11.3 Å². The van der Waals surface area contributed by atoms with Crippen molar-refractivity contribution in [2.24, 2.45) is 11.8 Å². The number of Topliss-reactive ketones (excluding diaryl/α,β-unsaturated/α-hetero) is 1. The summed E-state index contributed by atoms with van der Waals surface area (Å²) in [5, 5.41) is 3.28. The van der Waals surface area contributed by atoms with Gasteiger partial charge in [0.25, 0.3) is 0 Å². The van der Waals surface area contributed by atoms with E-state index in [9.17, 15) is 14.4 Å². The lowest BCUT2D eigenvalue weighted by molar-refractivity contribution is -0.137. The summed E-state index contributed by atoms with van der Waals surface area (Å²) in [7, 11) is 0. The lowest BCUT2D eigenvalue weighted by Gasteiger charge is -2.33. The summed E-state index contributed by atoms with van der Waals surface area (Å²) in [6.45, 7) is 6.37. The van der Waals surface area contributed by atoms with Gasteiger partial charge in [-0.15, -0.1) is 0 Å². The number of thiazole rings is 1. The fraction of sp³-hybridized carbons (Fsp3) is 0.429. The van der Waals surface area contributed by atoms with Crippen molar-refractivity contribution in [3.05, 3.63) is 35.2 Å². The van der Waals surface area contributed by atoms with Gasteiger partial charge in [0.1, 0.15) is 0 Å². The van der Waals surface area contributed by atoms with Crippen molar-refractivity contribution < 1.29 is 14.4 Å². The maximum Gasteiger partial charge on any atom is 0.231 e. The van der Waals surface area contributed by atoms with E-state index in [1.165, 1.54) is 18.3 Å². The Hall–Kier alpha value is -2.54. The largest absolute Gasteiger partial charge is 0.342 e. The van der Waals surface area contributed by atoms with Gasteiger partial charge < -0.3 is 10.2 Å². The van der Waals surface area contributed by atoms with Crippen molar-refractivity contribution in [1.29, 1.82) is 0 Å². The molecule has 1 saturated heterocycles. The smallest absolute Gasteiger partial charge is 0.231 e. The summed E-state index contributed by atoms with van der Waals surface area (Å²) < 4.78 is 0. The number of ketones is 1. The molecule has 0 unspecified atom stereocenters. The molecule has 0 spiro atoms. The molecule has 0 radical (unpaired) electrons. The van der Waals surface area contributed by atoms with Crippen LogP contribution >= 0.6 is 11.3 Å². The molecule has 2 aromatic rings. The van der Waals surface area contributed by atoms with Gasteiger partial charge in [-0.2, -0.15) is 0 Å². The van der Waals surface area contributed by atoms with Gasteiger partial charge in [-0.1, -0.05) is 55.5 Å². The number of nitrogens with zero attached hydrogens (tertiary/aromatic N) is 2. The molecule has 1 aromatic heterocycles. The van der Waals surface area contributed by atoms with Crippen LogP contribution < -0.4 is 5.32 Å². The van der Waals surface area contributed by atoms with Gasteiger partial charge in [-0.3, -0.25) is 14.4 Å². The molecule has 28 heavy (non-hydrogen) atoms. The van der Waals surface area contributed by atoms with Crippen molar-refractivity contribution in [1.82, 2.24) is 9.88 Å². The Balaban J connectivity index is 1.75. The molecule has 1 aromatic carbocycles. The van der Waals surface area contributed by atoms with Crippen LogP contribution in [0.1, 0.15) is 43.3 Å². The van der Waals surface area contributed by atoms with E-state index in [4.69, 9.17) is 0 Å². The summed E-state index contributed by atoms with van der Waals surface area (Å²) in [4.78, 5) is 43.9. The predicted octanol–water partition coefficient (Wildman–Crippen LogP) is 3.85. The van der Waals surface area contributed by atoms with Crippen LogP contribution in [0.25, 0.3) is 11.3 Å². The Kier molecular flexibility index (Phi) is 6.24. The van der Waals surface area contributed by atoms with Gasteiger partial charge in [0.2, 0.25) is 11.8 Å². The SMILES string of the molecule is CC(=O)c1sc(NC(=O)[C@@H]2CCCN(C(=O)C(C)C)C2)nc1-c1ccccc1. The minimum atomic E-state index is -0.263. The van der Waals surface area contributed by atoms with Crippen LogP contribution in [0.15, 0.2) is 30.3 Å². The lowest BCUT2D eigenvalue weighted by atomic mass is 9.96. The normalized spacial score (nSPS) is 16.9. The Labute approximate surface area is 169 Å². The highest BCUT2D eigenvalue weighted by molar-refractivity contribution is 7.18. The zero-order valence-electron chi connectivity index (χ0n) is 16.4. The molecule has 0 aliphatic carbocycles. The highest BCUT2D eigenvalue weighted by Gasteiger charge is 2.30. The molecule has 1 fully saturated rings. The number of nitrogens with one attached hydrogen (secondary N) is 1. The second kappa shape index (κ2) is 8.65. The van der Waals surface area contributed by atoms with Crippen LogP contribution in [0.4, 0.5) is 5.13 Å². The van der Waals surface area contributed by atoms with Gasteiger partial charge in [-0.05, 0) is 12.8 Å². The summed E-state index contributed by atoms with van der Waals surface area (Å²) in [6, 6.07) is 9.46. The lowest BCUT2D eigenvalue weighted by Crippen LogP contribution is -2.45. The van der Waals surface area contributed by atoms with E-state index in [2.05, 4.69) is 10.3 Å². The second-order valence-corrected chi connectivity index (χ2v) is 8.39. The Bertz CT molecular complexity index is 876. The van der Waals surface area contributed by atoms with Crippen LogP contribution in [0, 0.1) is 11.8 Å². The first-order valence-corrected chi connectivity index (χ1v) is 10.3. The van der Waals surface area contributed by atoms with Crippen LogP contribution in [-0.2, 0) is 9.59 Å². The van der Waals surface area contributed by atoms with Crippen LogP contribution in [0.5, 0.6) is 0 Å². The van der Waals surface area contributed by atoms with E-state index in [1.807, 2.05) is 44.2 Å². The molecule has 1 aliphatic heterocycles. The molecule has 0 saturated carbocycles. The van der Waals surface area contributed by atoms with E-state index in [0.717, 1.165) is 18.4 Å². The fourth-order valence-corrected chi connectivity index (χ4v) is 4.25. The Morgan fingerprint density at radius 1 is 1.21 bits per heavy atom. The van der Waals surface area contributed by atoms with Crippen molar-refractivity contribution in [3.63, 3.8) is 0 Å². The summed E-state index contributed by atoms with van der Waals surface area (Å²) >= 11 is 1.19. The first-order chi connectivity index (χ1) is 13.4. The highest BCUT2D eigenvalue weighted by atomic mass is 32.1. The molecule has 7 heteroatoms. The van der Waals surface area contributed by atoms with E-state index >= 15 is 0 Å². The van der Waals surface area contributed by atoms with Gasteiger partial charge in [0.05, 0.1) is 16.5 Å². The Morgan fingerprint density at radius 3 is 2.57 bits per heavy atom. The van der Waals surface area contributed by atoms with Crippen molar-refractivity contribution >= 4 is 34.1 Å². The van der Waals surface area contributed by atoms with Crippen molar-refractivity contribution in [2.75, 3.05) is 18.4 Å². The molecule has 148 valence electrons. The third-order valence-electron chi connectivity index (χ3n) is 4.82. The zero-order chi connectivity index (χ0) is 20.3. The topological polar surface area (TPSA) is 79.4 Å². The summed E-state index contributed by atoms with van der Waals surface area (Å²) in [5.41, 5.74) is 1.43. The van der Waals surface area contributed by atoms with E-state index in [-0.39, 0.29) is 29.4 Å². The van der Waals surface area contributed by atoms with Crippen LogP contribution in [0.3, 0.4) is 0 Å². The summed E-state index contributed by atoms with van der Waals surface area (Å²) in [6.07, 6.45) is 1.55. The van der Waals surface area contributed by atoms with Gasteiger partial charge in [-0.25, -0.2) is 4.98 Å². The Morgan fingerprint density at radius 2 is 1.93 bits per heavy atom. The van der Waals surface area contributed by atoms with Gasteiger partial charge in [0.15, 0.2) is 10.9 Å². The maximum atomic E-state index is 12.8. The summed E-state index contributed by atoms with van der Waals surface area (Å²) in [5.74, 6) is -0.487. The molecule has 3 rings (SSSR count). The molecule has 1 aliphatic rings. The highest BCUT2D eigenvalue weighted by Crippen LogP contribution is 2.32. The third-order valence-corrected chi connectivity index (χ3v) is 5.89. The number of aromatic nitrogens is 1. The molecule has 0 bridgehead atoms. The number of piperidine rings is 1. The van der Waals surface area contributed by atoms with E-state index < -0.39 is 0 Å². The van der Waals surface area contributed by atoms with E-state index in [1.54, 1.807) is 4.90 Å². The number of carbonyl (C=O) groups is 3. The number of hydrogen-bond acceptors (Lipinski definition) is 5. The van der Waals surface area contributed by atoms with E-state index in [0.29, 0.717) is 28.8 Å². The van der Waals surface area contributed by atoms with Crippen LogP contribution in [-0.4, -0.2) is 40.6 Å². The molecule has 1 atom stereocenters. The minimum Gasteiger partial charge on any atom is -0.342 e. The number of amides is 2. The first kappa shape index (κ1) is 20.2. The monoisotopic (exact) mass is 399 g/mol. The second-order valence-electron chi connectivity index (χ2n) is 7.39. The number of likely N-dealkylation sites (tertiary alicyclic amines) is 1. The quantitative estimate of drug-likeness (QED) is 0.775. The molecule has 1 N–H and O–H groups in total. The predicted molar refractivity (Wildman–Crippen MR) is 110 cm³/mol. The van der Waals surface area contributed by atoms with Gasteiger partial charge >= 0.3 is 0 Å². The zero-order valence-corrected chi connectivity index (χ0v) is 17.2. The molecule has 6 nitrogen and oxygen atoms in total. The molecular formula is C21H25N3O3S. The number of benzene rings is 1. The molecule has 2 amide bonds. The molecular weight excluding hydrogens is 374 g/mol. The van der Waals surface area contributed by atoms with Crippen LogP contribution in [0.2, 0.25) is 0 Å². The third kappa shape index (κ3) is 4.47. The number of carbonyl (C=O) groups excluding carboxylic acids is 3.